The van der Waals surface area contributed by atoms with Crippen molar-refractivity contribution >= 4 is 17.6 Å². The zero-order valence-electron chi connectivity index (χ0n) is 10.7. The van der Waals surface area contributed by atoms with Crippen molar-refractivity contribution in [3.8, 4) is 0 Å². The Hall–Kier alpha value is -1.30. The molecule has 0 heterocycles. The first-order chi connectivity index (χ1) is 9.24. The third-order valence-electron chi connectivity index (χ3n) is 2.41. The minimum atomic E-state index is -0.236. The Labute approximate surface area is 117 Å². The lowest BCUT2D eigenvalue weighted by atomic mass is 10.1. The second-order valence-electron chi connectivity index (χ2n) is 3.86. The molecular weight excluding hydrogens is 268 g/mol. The number of hydrogen-bond donors (Lipinski definition) is 3. The molecule has 6 heteroatoms. The van der Waals surface area contributed by atoms with E-state index in [1.54, 1.807) is 0 Å². The summed E-state index contributed by atoms with van der Waals surface area (Å²) in [5, 5.41) is 14.6. The number of urea groups is 1. The van der Waals surface area contributed by atoms with Gasteiger partial charge in [0.05, 0.1) is 19.8 Å². The number of halogens is 1. The first-order valence-electron chi connectivity index (χ1n) is 6.17. The molecule has 0 saturated carbocycles. The summed E-state index contributed by atoms with van der Waals surface area (Å²) in [6.45, 7) is 1.60. The molecule has 0 aliphatic rings. The summed E-state index contributed by atoms with van der Waals surface area (Å²) in [5.74, 6) is 0. The lowest BCUT2D eigenvalue weighted by Crippen LogP contribution is -2.38. The molecule has 3 N–H and O–H groups in total. The van der Waals surface area contributed by atoms with E-state index in [0.717, 1.165) is 5.56 Å². The molecule has 1 aromatic rings. The maximum atomic E-state index is 11.4. The van der Waals surface area contributed by atoms with Gasteiger partial charge in [0.25, 0.3) is 0 Å². The maximum absolute atomic E-state index is 11.4. The lowest BCUT2D eigenvalue weighted by molar-refractivity contribution is 0.0947. The van der Waals surface area contributed by atoms with Crippen molar-refractivity contribution in [2.75, 3.05) is 32.9 Å². The number of hydrogen-bond acceptors (Lipinski definition) is 3. The van der Waals surface area contributed by atoms with E-state index < -0.39 is 0 Å². The van der Waals surface area contributed by atoms with Crippen LogP contribution in [0.3, 0.4) is 0 Å². The standard InChI is InChI=1S/C13H19ClN2O3/c14-12-4-2-1-3-11(12)5-6-15-13(18)16-7-9-19-10-8-17/h1-4,17H,5-10H2,(H2,15,16,18). The summed E-state index contributed by atoms with van der Waals surface area (Å²) in [5.41, 5.74) is 1.01. The highest BCUT2D eigenvalue weighted by Gasteiger charge is 2.01. The van der Waals surface area contributed by atoms with Gasteiger partial charge in [0.2, 0.25) is 0 Å². The fraction of sp³-hybridized carbons (Fsp3) is 0.462. The van der Waals surface area contributed by atoms with Crippen LogP contribution in [0.25, 0.3) is 0 Å². The van der Waals surface area contributed by atoms with Crippen LogP contribution in [0.1, 0.15) is 5.56 Å². The zero-order valence-corrected chi connectivity index (χ0v) is 11.4. The summed E-state index contributed by atoms with van der Waals surface area (Å²) in [4.78, 5) is 11.4. The van der Waals surface area contributed by atoms with Gasteiger partial charge in [-0.15, -0.1) is 0 Å². The van der Waals surface area contributed by atoms with Gasteiger partial charge in [-0.25, -0.2) is 4.79 Å². The second kappa shape index (κ2) is 9.61. The molecule has 106 valence electrons. The first-order valence-corrected chi connectivity index (χ1v) is 6.55. The molecule has 0 aromatic heterocycles. The molecule has 0 saturated heterocycles. The van der Waals surface area contributed by atoms with Crippen molar-refractivity contribution in [2.24, 2.45) is 0 Å². The molecule has 0 fully saturated rings. The minimum absolute atomic E-state index is 0.00989. The lowest BCUT2D eigenvalue weighted by Gasteiger charge is -2.08. The van der Waals surface area contributed by atoms with Gasteiger partial charge in [-0.3, -0.25) is 0 Å². The smallest absolute Gasteiger partial charge is 0.314 e. The van der Waals surface area contributed by atoms with Crippen LogP contribution in [0, 0.1) is 0 Å². The largest absolute Gasteiger partial charge is 0.394 e. The summed E-state index contributed by atoms with van der Waals surface area (Å²) in [7, 11) is 0. The van der Waals surface area contributed by atoms with E-state index in [4.69, 9.17) is 21.4 Å². The highest BCUT2D eigenvalue weighted by Crippen LogP contribution is 2.14. The van der Waals surface area contributed by atoms with E-state index >= 15 is 0 Å². The Balaban J connectivity index is 2.09. The van der Waals surface area contributed by atoms with Crippen molar-refractivity contribution in [1.82, 2.24) is 10.6 Å². The molecular formula is C13H19ClN2O3. The zero-order chi connectivity index (χ0) is 13.9. The summed E-state index contributed by atoms with van der Waals surface area (Å²) >= 11 is 6.01. The van der Waals surface area contributed by atoms with Gasteiger partial charge in [-0.05, 0) is 18.1 Å². The van der Waals surface area contributed by atoms with Crippen LogP contribution in [0.2, 0.25) is 5.02 Å². The van der Waals surface area contributed by atoms with Crippen molar-refractivity contribution < 1.29 is 14.6 Å². The predicted octanol–water partition coefficient (Wildman–Crippen LogP) is 1.19. The summed E-state index contributed by atoms with van der Waals surface area (Å²) in [6.07, 6.45) is 0.689. The number of benzene rings is 1. The number of rotatable bonds is 8. The Bertz CT molecular complexity index is 388. The maximum Gasteiger partial charge on any atom is 0.314 e. The average Bonchev–Trinajstić information content (AvgIpc) is 2.41. The SMILES string of the molecule is O=C(NCCOCCO)NCCc1ccccc1Cl. The van der Waals surface area contributed by atoms with Crippen molar-refractivity contribution in [3.63, 3.8) is 0 Å². The molecule has 1 rings (SSSR count). The quantitative estimate of drug-likeness (QED) is 0.629. The number of aliphatic hydroxyl groups is 1. The number of carbonyl (C=O) groups is 1. The third kappa shape index (κ3) is 7.00. The molecule has 1 aromatic carbocycles. The van der Waals surface area contributed by atoms with Crippen molar-refractivity contribution in [1.29, 1.82) is 0 Å². The van der Waals surface area contributed by atoms with Gasteiger partial charge in [0.15, 0.2) is 0 Å². The second-order valence-corrected chi connectivity index (χ2v) is 4.27. The van der Waals surface area contributed by atoms with Crippen LogP contribution >= 0.6 is 11.6 Å². The van der Waals surface area contributed by atoms with E-state index in [1.165, 1.54) is 0 Å². The van der Waals surface area contributed by atoms with Crippen LogP contribution in [-0.4, -0.2) is 44.0 Å². The van der Waals surface area contributed by atoms with Crippen LogP contribution in [-0.2, 0) is 11.2 Å². The van der Waals surface area contributed by atoms with Gasteiger partial charge in [-0.2, -0.15) is 0 Å². The van der Waals surface area contributed by atoms with Gasteiger partial charge >= 0.3 is 6.03 Å². The number of carbonyl (C=O) groups excluding carboxylic acids is 1. The fourth-order valence-electron chi connectivity index (χ4n) is 1.48. The monoisotopic (exact) mass is 286 g/mol. The third-order valence-corrected chi connectivity index (χ3v) is 2.77. The van der Waals surface area contributed by atoms with E-state index in [9.17, 15) is 4.79 Å². The molecule has 0 radical (unpaired) electrons. The molecule has 5 nitrogen and oxygen atoms in total. The van der Waals surface area contributed by atoms with E-state index in [1.807, 2.05) is 24.3 Å². The Morgan fingerprint density at radius 1 is 1.21 bits per heavy atom. The van der Waals surface area contributed by atoms with Crippen molar-refractivity contribution in [3.05, 3.63) is 34.9 Å². The molecule has 0 bridgehead atoms. The molecule has 0 spiro atoms. The number of amides is 2. The predicted molar refractivity (Wildman–Crippen MR) is 74.5 cm³/mol. The van der Waals surface area contributed by atoms with Gasteiger partial charge in [0.1, 0.15) is 0 Å². The Kier molecular flexibility index (Phi) is 7.97. The summed E-state index contributed by atoms with van der Waals surface area (Å²) in [6, 6.07) is 7.32. The van der Waals surface area contributed by atoms with E-state index in [0.29, 0.717) is 31.1 Å². The molecule has 2 amide bonds. The van der Waals surface area contributed by atoms with E-state index in [2.05, 4.69) is 10.6 Å². The van der Waals surface area contributed by atoms with Gasteiger partial charge in [-0.1, -0.05) is 29.8 Å². The molecule has 0 aliphatic carbocycles. The van der Waals surface area contributed by atoms with Crippen LogP contribution in [0.4, 0.5) is 4.79 Å². The average molecular weight is 287 g/mol. The molecule has 0 atom stereocenters. The molecule has 0 unspecified atom stereocenters. The van der Waals surface area contributed by atoms with Crippen LogP contribution in [0.5, 0.6) is 0 Å². The summed E-state index contributed by atoms with van der Waals surface area (Å²) < 4.78 is 5.01. The van der Waals surface area contributed by atoms with Gasteiger partial charge in [0, 0.05) is 18.1 Å². The minimum Gasteiger partial charge on any atom is -0.394 e. The van der Waals surface area contributed by atoms with Gasteiger partial charge < -0.3 is 20.5 Å². The highest BCUT2D eigenvalue weighted by molar-refractivity contribution is 6.31. The fourth-order valence-corrected chi connectivity index (χ4v) is 1.71. The van der Waals surface area contributed by atoms with Crippen LogP contribution < -0.4 is 10.6 Å². The van der Waals surface area contributed by atoms with Crippen LogP contribution in [0.15, 0.2) is 24.3 Å². The molecule has 0 aliphatic heterocycles. The molecule has 19 heavy (non-hydrogen) atoms. The van der Waals surface area contributed by atoms with E-state index in [-0.39, 0.29) is 19.2 Å². The normalized spacial score (nSPS) is 10.2. The number of nitrogens with one attached hydrogen (secondary N) is 2. The first kappa shape index (κ1) is 15.8. The Morgan fingerprint density at radius 3 is 2.68 bits per heavy atom. The number of aliphatic hydroxyl groups excluding tert-OH is 1. The number of ether oxygens (including phenoxy) is 1. The Morgan fingerprint density at radius 2 is 1.95 bits per heavy atom. The highest BCUT2D eigenvalue weighted by atomic mass is 35.5. The van der Waals surface area contributed by atoms with Crippen molar-refractivity contribution in [2.45, 2.75) is 6.42 Å². The topological polar surface area (TPSA) is 70.6 Å².